The number of rotatable bonds is 21. The van der Waals surface area contributed by atoms with Crippen LogP contribution >= 0.6 is 0 Å². The van der Waals surface area contributed by atoms with Gasteiger partial charge >= 0.3 is 0 Å². The fourth-order valence-electron chi connectivity index (χ4n) is 4.23. The molecule has 0 aromatic carbocycles. The lowest BCUT2D eigenvalue weighted by Crippen LogP contribution is -2.32. The first-order valence-corrected chi connectivity index (χ1v) is 13.3. The summed E-state index contributed by atoms with van der Waals surface area (Å²) in [4.78, 5) is 0. The Labute approximate surface area is 183 Å². The van der Waals surface area contributed by atoms with Crippen LogP contribution in [0.4, 0.5) is 0 Å². The van der Waals surface area contributed by atoms with Crippen LogP contribution in [0, 0.1) is 0 Å². The molecule has 0 atom stereocenters. The van der Waals surface area contributed by atoms with Crippen molar-refractivity contribution in [1.29, 1.82) is 0 Å². The van der Waals surface area contributed by atoms with Crippen LogP contribution in [0.15, 0.2) is 24.5 Å². The van der Waals surface area contributed by atoms with E-state index in [1.54, 1.807) is 0 Å². The van der Waals surface area contributed by atoms with Gasteiger partial charge in [0.25, 0.3) is 0 Å². The largest absolute Gasteiger partial charge is 0.205 e. The highest BCUT2D eigenvalue weighted by molar-refractivity contribution is 5.07. The van der Waals surface area contributed by atoms with Crippen LogP contribution < -0.4 is 4.57 Å². The lowest BCUT2D eigenvalue weighted by molar-refractivity contribution is -0.697. The molecule has 0 aliphatic carbocycles. The molecule has 1 aromatic rings. The zero-order chi connectivity index (χ0) is 20.8. The first-order chi connectivity index (χ1) is 14.4. The summed E-state index contributed by atoms with van der Waals surface area (Å²) in [6, 6.07) is 4.68. The summed E-state index contributed by atoms with van der Waals surface area (Å²) in [6.45, 7) is 5.77. The zero-order valence-electron chi connectivity index (χ0n) is 20.1. The molecule has 0 unspecified atom stereocenters. The van der Waals surface area contributed by atoms with Crippen molar-refractivity contribution in [2.75, 3.05) is 0 Å². The van der Waals surface area contributed by atoms with Crippen molar-refractivity contribution in [3.63, 3.8) is 0 Å². The topological polar surface area (TPSA) is 3.88 Å². The van der Waals surface area contributed by atoms with Gasteiger partial charge in [-0.3, -0.25) is 0 Å². The standard InChI is InChI=1S/C28H52N/c1-3-5-7-9-10-11-12-13-14-15-16-17-18-20-22-28-23-26-29(27-24-28)25-21-19-8-6-4-2/h23-24,26-27H,3-22,25H2,1-2H3/q+1. The molecule has 0 spiro atoms. The molecule has 0 aliphatic rings. The second-order valence-corrected chi connectivity index (χ2v) is 9.20. The van der Waals surface area contributed by atoms with Gasteiger partial charge < -0.3 is 0 Å². The summed E-state index contributed by atoms with van der Waals surface area (Å²) in [7, 11) is 0. The minimum Gasteiger partial charge on any atom is -0.205 e. The lowest BCUT2D eigenvalue weighted by atomic mass is 10.0. The molecule has 0 saturated carbocycles. The van der Waals surface area contributed by atoms with Gasteiger partial charge in [0.15, 0.2) is 12.4 Å². The van der Waals surface area contributed by atoms with Crippen molar-refractivity contribution in [3.05, 3.63) is 30.1 Å². The van der Waals surface area contributed by atoms with Crippen molar-refractivity contribution < 1.29 is 4.57 Å². The number of hydrogen-bond donors (Lipinski definition) is 0. The fraction of sp³-hybridized carbons (Fsp3) is 0.821. The Morgan fingerprint density at radius 1 is 0.483 bits per heavy atom. The van der Waals surface area contributed by atoms with Crippen molar-refractivity contribution in [3.8, 4) is 0 Å². The average molecular weight is 403 g/mol. The Kier molecular flexibility index (Phi) is 18.4. The maximum Gasteiger partial charge on any atom is 0.169 e. The van der Waals surface area contributed by atoms with Gasteiger partial charge in [-0.1, -0.05) is 117 Å². The molecule has 0 aliphatic heterocycles. The number of aromatic nitrogens is 1. The van der Waals surface area contributed by atoms with Gasteiger partial charge in [-0.05, 0) is 24.8 Å². The maximum absolute atomic E-state index is 2.36. The van der Waals surface area contributed by atoms with E-state index in [9.17, 15) is 0 Å². The number of pyridine rings is 1. The SMILES string of the molecule is CCCCCCCCCCCCCCCCc1cc[n+](CCCCCCC)cc1. The summed E-state index contributed by atoms with van der Waals surface area (Å²) >= 11 is 0. The van der Waals surface area contributed by atoms with Crippen LogP contribution in [0.1, 0.15) is 141 Å². The van der Waals surface area contributed by atoms with Crippen molar-refractivity contribution in [2.45, 2.75) is 149 Å². The maximum atomic E-state index is 2.36. The minimum absolute atomic E-state index is 1.18. The van der Waals surface area contributed by atoms with Gasteiger partial charge in [0.1, 0.15) is 6.54 Å². The van der Waals surface area contributed by atoms with Crippen LogP contribution in [0.2, 0.25) is 0 Å². The molecule has 0 radical (unpaired) electrons. The third-order valence-corrected chi connectivity index (χ3v) is 6.30. The van der Waals surface area contributed by atoms with Crippen molar-refractivity contribution in [2.24, 2.45) is 0 Å². The summed E-state index contributed by atoms with van der Waals surface area (Å²) in [5, 5.41) is 0. The van der Waals surface area contributed by atoms with E-state index in [2.05, 4.69) is 42.9 Å². The number of unbranched alkanes of at least 4 members (excludes halogenated alkanes) is 17. The van der Waals surface area contributed by atoms with Gasteiger partial charge in [-0.25, -0.2) is 4.57 Å². The van der Waals surface area contributed by atoms with Crippen LogP contribution in [0.3, 0.4) is 0 Å². The molecule has 0 amide bonds. The second-order valence-electron chi connectivity index (χ2n) is 9.20. The molecule has 0 bridgehead atoms. The highest BCUT2D eigenvalue weighted by Gasteiger charge is 2.01. The van der Waals surface area contributed by atoms with E-state index in [0.29, 0.717) is 0 Å². The van der Waals surface area contributed by atoms with Crippen LogP contribution in [-0.4, -0.2) is 0 Å². The number of nitrogens with zero attached hydrogens (tertiary/aromatic N) is 1. The number of aryl methyl sites for hydroxylation is 2. The molecule has 1 heterocycles. The van der Waals surface area contributed by atoms with Crippen molar-refractivity contribution >= 4 is 0 Å². The highest BCUT2D eigenvalue weighted by atomic mass is 14.9. The summed E-state index contributed by atoms with van der Waals surface area (Å²) in [5.41, 5.74) is 1.52. The molecule has 168 valence electrons. The van der Waals surface area contributed by atoms with Gasteiger partial charge in [0.2, 0.25) is 0 Å². The third kappa shape index (κ3) is 16.6. The van der Waals surface area contributed by atoms with E-state index < -0.39 is 0 Å². The van der Waals surface area contributed by atoms with Gasteiger partial charge in [-0.15, -0.1) is 0 Å². The smallest absolute Gasteiger partial charge is 0.169 e. The lowest BCUT2D eigenvalue weighted by Gasteiger charge is -2.04. The first kappa shape index (κ1) is 26.2. The normalized spacial score (nSPS) is 11.2. The Morgan fingerprint density at radius 2 is 0.862 bits per heavy atom. The van der Waals surface area contributed by atoms with E-state index in [1.807, 2.05) is 0 Å². The molecular formula is C28H52N+. The first-order valence-electron chi connectivity index (χ1n) is 13.3. The zero-order valence-corrected chi connectivity index (χ0v) is 20.1. The average Bonchev–Trinajstić information content (AvgIpc) is 2.75. The van der Waals surface area contributed by atoms with Gasteiger partial charge in [0, 0.05) is 18.6 Å². The fourth-order valence-corrected chi connectivity index (χ4v) is 4.23. The molecule has 1 heteroatoms. The third-order valence-electron chi connectivity index (χ3n) is 6.30. The Balaban J connectivity index is 1.87. The van der Waals surface area contributed by atoms with Crippen LogP contribution in [0.5, 0.6) is 0 Å². The van der Waals surface area contributed by atoms with Crippen molar-refractivity contribution in [1.82, 2.24) is 0 Å². The van der Waals surface area contributed by atoms with E-state index >= 15 is 0 Å². The predicted molar refractivity (Wildman–Crippen MR) is 129 cm³/mol. The highest BCUT2D eigenvalue weighted by Crippen LogP contribution is 2.13. The molecule has 1 rings (SSSR count). The van der Waals surface area contributed by atoms with E-state index in [-0.39, 0.29) is 0 Å². The minimum atomic E-state index is 1.18. The van der Waals surface area contributed by atoms with Gasteiger partial charge in [-0.2, -0.15) is 0 Å². The molecule has 1 aromatic heterocycles. The molecule has 1 nitrogen and oxygen atoms in total. The van der Waals surface area contributed by atoms with E-state index in [1.165, 1.54) is 141 Å². The van der Waals surface area contributed by atoms with E-state index in [4.69, 9.17) is 0 Å². The second kappa shape index (κ2) is 20.4. The molecule has 0 saturated heterocycles. The summed E-state index contributed by atoms with van der Waals surface area (Å²) < 4.78 is 2.36. The Morgan fingerprint density at radius 3 is 1.31 bits per heavy atom. The summed E-state index contributed by atoms with van der Waals surface area (Å²) in [5.74, 6) is 0. The summed E-state index contributed by atoms with van der Waals surface area (Å²) in [6.07, 6.45) is 32.8. The Hall–Kier alpha value is -0.850. The monoisotopic (exact) mass is 402 g/mol. The van der Waals surface area contributed by atoms with E-state index in [0.717, 1.165) is 0 Å². The predicted octanol–water partition coefficient (Wildman–Crippen LogP) is 8.97. The Bertz CT molecular complexity index is 436. The van der Waals surface area contributed by atoms with Crippen LogP contribution in [-0.2, 0) is 13.0 Å². The molecule has 0 N–H and O–H groups in total. The van der Waals surface area contributed by atoms with Crippen LogP contribution in [0.25, 0.3) is 0 Å². The van der Waals surface area contributed by atoms with Gasteiger partial charge in [0.05, 0.1) is 0 Å². The molecular weight excluding hydrogens is 350 g/mol. The quantitative estimate of drug-likeness (QED) is 0.143. The molecule has 0 fully saturated rings. The number of hydrogen-bond acceptors (Lipinski definition) is 0. The molecule has 29 heavy (non-hydrogen) atoms.